The van der Waals surface area contributed by atoms with Gasteiger partial charge in [-0.2, -0.15) is 0 Å². The molecule has 5 N–H and O–H groups in total. The van der Waals surface area contributed by atoms with E-state index in [9.17, 15) is 9.59 Å². The van der Waals surface area contributed by atoms with Gasteiger partial charge in [0.05, 0.1) is 17.4 Å². The van der Waals surface area contributed by atoms with Gasteiger partial charge in [0.25, 0.3) is 5.91 Å². The molecule has 21 heavy (non-hydrogen) atoms. The molecule has 1 unspecified atom stereocenters. The van der Waals surface area contributed by atoms with Crippen molar-refractivity contribution < 1.29 is 9.59 Å². The number of hydrogen-bond acceptors (Lipinski definition) is 5. The van der Waals surface area contributed by atoms with Crippen LogP contribution in [0.4, 0.5) is 11.5 Å². The fourth-order valence-electron chi connectivity index (χ4n) is 2.43. The zero-order chi connectivity index (χ0) is 15.4. The number of nitrogens with one attached hydrogen (secondary N) is 1. The molecule has 7 nitrogen and oxygen atoms in total. The predicted octanol–water partition coefficient (Wildman–Crippen LogP) is 0.576. The van der Waals surface area contributed by atoms with E-state index in [1.54, 1.807) is 6.92 Å². The van der Waals surface area contributed by atoms with E-state index in [-0.39, 0.29) is 17.2 Å². The van der Waals surface area contributed by atoms with E-state index >= 15 is 0 Å². The molecule has 1 aromatic rings. The maximum Gasteiger partial charge on any atom is 0.250 e. The minimum atomic E-state index is -0.618. The molecule has 0 radical (unpaired) electrons. The standard InChI is InChI=1S/C14H21N5O2/c1-9(14(21)19-5-3-2-4-6-19)18-12-7-10(13(16)20)11(15)8-17-12/h7-9H,2-6,15H2,1H3,(H2,16,20)(H,17,18). The van der Waals surface area contributed by atoms with Crippen LogP contribution in [0.1, 0.15) is 36.5 Å². The lowest BCUT2D eigenvalue weighted by molar-refractivity contribution is -0.132. The Kier molecular flexibility index (Phi) is 4.62. The van der Waals surface area contributed by atoms with Crippen LogP contribution in [0.15, 0.2) is 12.3 Å². The zero-order valence-corrected chi connectivity index (χ0v) is 12.1. The second-order valence-corrected chi connectivity index (χ2v) is 5.27. The number of nitrogen functional groups attached to an aromatic ring is 1. The third-order valence-electron chi connectivity index (χ3n) is 3.60. The molecular weight excluding hydrogens is 270 g/mol. The number of nitrogens with zero attached hydrogens (tertiary/aromatic N) is 2. The van der Waals surface area contributed by atoms with Gasteiger partial charge in [0, 0.05) is 13.1 Å². The highest BCUT2D eigenvalue weighted by Crippen LogP contribution is 2.16. The summed E-state index contributed by atoms with van der Waals surface area (Å²) in [5.41, 5.74) is 11.3. The van der Waals surface area contributed by atoms with E-state index in [0.29, 0.717) is 5.82 Å². The van der Waals surface area contributed by atoms with E-state index < -0.39 is 11.9 Å². The number of nitrogens with two attached hydrogens (primary N) is 2. The van der Waals surface area contributed by atoms with E-state index in [1.807, 2.05) is 4.90 Å². The molecule has 2 heterocycles. The number of aromatic nitrogens is 1. The van der Waals surface area contributed by atoms with Gasteiger partial charge in [0.15, 0.2) is 0 Å². The topological polar surface area (TPSA) is 114 Å². The summed E-state index contributed by atoms with van der Waals surface area (Å²) in [7, 11) is 0. The Labute approximate surface area is 123 Å². The van der Waals surface area contributed by atoms with Crippen molar-refractivity contribution in [1.29, 1.82) is 0 Å². The van der Waals surface area contributed by atoms with Crippen molar-refractivity contribution in [3.8, 4) is 0 Å². The van der Waals surface area contributed by atoms with Gasteiger partial charge in [-0.25, -0.2) is 4.98 Å². The first-order valence-corrected chi connectivity index (χ1v) is 7.09. The summed E-state index contributed by atoms with van der Waals surface area (Å²) in [6.45, 7) is 3.37. The highest BCUT2D eigenvalue weighted by molar-refractivity contribution is 5.98. The lowest BCUT2D eigenvalue weighted by Gasteiger charge is -2.29. The van der Waals surface area contributed by atoms with Gasteiger partial charge in [-0.1, -0.05) is 0 Å². The van der Waals surface area contributed by atoms with Crippen molar-refractivity contribution in [3.05, 3.63) is 17.8 Å². The minimum Gasteiger partial charge on any atom is -0.397 e. The molecular formula is C14H21N5O2. The first kappa shape index (κ1) is 15.1. The van der Waals surface area contributed by atoms with Crippen LogP contribution in [0.3, 0.4) is 0 Å². The first-order valence-electron chi connectivity index (χ1n) is 7.09. The summed E-state index contributed by atoms with van der Waals surface area (Å²) < 4.78 is 0. The van der Waals surface area contributed by atoms with E-state index in [2.05, 4.69) is 10.3 Å². The maximum atomic E-state index is 12.3. The van der Waals surface area contributed by atoms with Crippen LogP contribution in [0.5, 0.6) is 0 Å². The highest BCUT2D eigenvalue weighted by atomic mass is 16.2. The largest absolute Gasteiger partial charge is 0.397 e. The number of rotatable bonds is 4. The minimum absolute atomic E-state index is 0.0361. The normalized spacial score (nSPS) is 16.3. The second-order valence-electron chi connectivity index (χ2n) is 5.27. The number of primary amides is 1. The number of pyridine rings is 1. The fraction of sp³-hybridized carbons (Fsp3) is 0.500. The smallest absolute Gasteiger partial charge is 0.250 e. The first-order chi connectivity index (χ1) is 9.99. The molecule has 0 saturated carbocycles. The summed E-state index contributed by atoms with van der Waals surface area (Å²) >= 11 is 0. The molecule has 114 valence electrons. The number of piperidine rings is 1. The molecule has 1 fully saturated rings. The summed E-state index contributed by atoms with van der Waals surface area (Å²) in [6, 6.07) is 1.05. The highest BCUT2D eigenvalue weighted by Gasteiger charge is 2.22. The van der Waals surface area contributed by atoms with E-state index in [1.165, 1.54) is 18.7 Å². The van der Waals surface area contributed by atoms with Crippen LogP contribution in [0.25, 0.3) is 0 Å². The van der Waals surface area contributed by atoms with Gasteiger partial charge >= 0.3 is 0 Å². The van der Waals surface area contributed by atoms with Crippen LogP contribution in [0, 0.1) is 0 Å². The number of amides is 2. The number of likely N-dealkylation sites (tertiary alicyclic amines) is 1. The number of hydrogen-bond donors (Lipinski definition) is 3. The van der Waals surface area contributed by atoms with E-state index in [4.69, 9.17) is 11.5 Å². The van der Waals surface area contributed by atoms with Crippen molar-refractivity contribution in [3.63, 3.8) is 0 Å². The van der Waals surface area contributed by atoms with Crippen molar-refractivity contribution in [1.82, 2.24) is 9.88 Å². The Balaban J connectivity index is 2.05. The molecule has 1 saturated heterocycles. The molecule has 2 rings (SSSR count). The second kappa shape index (κ2) is 6.43. The van der Waals surface area contributed by atoms with Crippen LogP contribution >= 0.6 is 0 Å². The molecule has 1 aliphatic heterocycles. The molecule has 1 aliphatic rings. The Morgan fingerprint density at radius 2 is 2.00 bits per heavy atom. The van der Waals surface area contributed by atoms with Crippen molar-refractivity contribution in [2.45, 2.75) is 32.2 Å². The summed E-state index contributed by atoms with van der Waals surface area (Å²) in [5, 5.41) is 3.00. The number of carbonyl (C=O) groups is 2. The molecule has 0 spiro atoms. The molecule has 7 heteroatoms. The SMILES string of the molecule is CC(Nc1cc(C(N)=O)c(N)cn1)C(=O)N1CCCCC1. The Morgan fingerprint density at radius 1 is 1.33 bits per heavy atom. The molecule has 0 aliphatic carbocycles. The molecule has 1 aromatic heterocycles. The molecule has 0 aromatic carbocycles. The van der Waals surface area contributed by atoms with Crippen LogP contribution in [-0.2, 0) is 4.79 Å². The number of anilines is 2. The van der Waals surface area contributed by atoms with Gasteiger partial charge in [-0.15, -0.1) is 0 Å². The predicted molar refractivity (Wildman–Crippen MR) is 80.7 cm³/mol. The summed E-state index contributed by atoms with van der Waals surface area (Å²) in [5.74, 6) is -0.169. The van der Waals surface area contributed by atoms with Gasteiger partial charge < -0.3 is 21.7 Å². The van der Waals surface area contributed by atoms with Gasteiger partial charge in [0.1, 0.15) is 11.9 Å². The van der Waals surface area contributed by atoms with Gasteiger partial charge in [0.2, 0.25) is 5.91 Å². The maximum absolute atomic E-state index is 12.3. The summed E-state index contributed by atoms with van der Waals surface area (Å²) in [4.78, 5) is 29.5. The molecule has 0 bridgehead atoms. The van der Waals surface area contributed by atoms with E-state index in [0.717, 1.165) is 25.9 Å². The Bertz CT molecular complexity index is 540. The third-order valence-corrected chi connectivity index (χ3v) is 3.60. The van der Waals surface area contributed by atoms with Gasteiger partial charge in [-0.3, -0.25) is 9.59 Å². The number of carbonyl (C=O) groups excluding carboxylic acids is 2. The molecule has 1 atom stereocenters. The van der Waals surface area contributed by atoms with Crippen LogP contribution in [-0.4, -0.2) is 40.8 Å². The Morgan fingerprint density at radius 3 is 2.62 bits per heavy atom. The average molecular weight is 291 g/mol. The van der Waals surface area contributed by atoms with Gasteiger partial charge in [-0.05, 0) is 32.3 Å². The lowest BCUT2D eigenvalue weighted by Crippen LogP contribution is -2.44. The van der Waals surface area contributed by atoms with Crippen molar-refractivity contribution >= 4 is 23.3 Å². The average Bonchev–Trinajstić information content (AvgIpc) is 2.49. The fourth-order valence-corrected chi connectivity index (χ4v) is 2.43. The molecule has 2 amide bonds. The third kappa shape index (κ3) is 3.62. The monoisotopic (exact) mass is 291 g/mol. The van der Waals surface area contributed by atoms with Crippen molar-refractivity contribution in [2.75, 3.05) is 24.1 Å². The Hall–Kier alpha value is -2.31. The summed E-state index contributed by atoms with van der Waals surface area (Å²) in [6.07, 6.45) is 4.63. The van der Waals surface area contributed by atoms with Crippen molar-refractivity contribution in [2.24, 2.45) is 5.73 Å². The zero-order valence-electron chi connectivity index (χ0n) is 12.1. The quantitative estimate of drug-likeness (QED) is 0.750. The lowest BCUT2D eigenvalue weighted by atomic mass is 10.1. The van der Waals surface area contributed by atoms with Crippen LogP contribution in [0.2, 0.25) is 0 Å². The van der Waals surface area contributed by atoms with Crippen LogP contribution < -0.4 is 16.8 Å².